The van der Waals surface area contributed by atoms with E-state index in [0.29, 0.717) is 70.4 Å². The summed E-state index contributed by atoms with van der Waals surface area (Å²) in [4.78, 5) is 104. The Hall–Kier alpha value is -4.62. The van der Waals surface area contributed by atoms with Crippen LogP contribution >= 0.6 is 47.8 Å². The number of nitrogens with two attached hydrogens (primary N) is 1. The third-order valence-electron chi connectivity index (χ3n) is 9.95. The van der Waals surface area contributed by atoms with Gasteiger partial charge in [0.2, 0.25) is 47.3 Å². The molecule has 338 valence electrons. The second-order valence-corrected chi connectivity index (χ2v) is 16.3. The third-order valence-corrected chi connectivity index (χ3v) is 11.5. The number of primary amides is 1. The Balaban J connectivity index is 1.75. The molecule has 16 nitrogen and oxygen atoms in total. The van der Waals surface area contributed by atoms with E-state index in [1.165, 1.54) is 0 Å². The van der Waals surface area contributed by atoms with Gasteiger partial charge in [0.1, 0.15) is 18.1 Å². The molecule has 0 saturated carbocycles. The Morgan fingerprint density at radius 3 is 1.53 bits per heavy atom. The van der Waals surface area contributed by atoms with E-state index >= 15 is 0 Å². The van der Waals surface area contributed by atoms with Crippen molar-refractivity contribution in [2.24, 2.45) is 5.73 Å². The fourth-order valence-electron chi connectivity index (χ4n) is 6.61. The molecule has 62 heavy (non-hydrogen) atoms. The van der Waals surface area contributed by atoms with Gasteiger partial charge in [0.15, 0.2) is 0 Å². The van der Waals surface area contributed by atoms with Crippen LogP contribution in [-0.4, -0.2) is 101 Å². The predicted octanol–water partition coefficient (Wildman–Crippen LogP) is 3.47. The lowest BCUT2D eigenvalue weighted by atomic mass is 10.0. The molecule has 3 atom stereocenters. The molecule has 0 saturated heterocycles. The zero-order valence-electron chi connectivity index (χ0n) is 34.7. The van der Waals surface area contributed by atoms with Gasteiger partial charge in [-0.3, -0.25) is 38.4 Å². The van der Waals surface area contributed by atoms with Gasteiger partial charge >= 0.3 is 0 Å². The first-order chi connectivity index (χ1) is 29.9. The Bertz CT molecular complexity index is 1880. The molecule has 0 bridgehead atoms. The molecule has 0 fully saturated rings. The number of halogens is 3. The van der Waals surface area contributed by atoms with E-state index in [0.717, 1.165) is 16.7 Å². The Kier molecular flexibility index (Phi) is 24.1. The van der Waals surface area contributed by atoms with Crippen LogP contribution in [0, 0.1) is 0 Å². The predicted molar refractivity (Wildman–Crippen MR) is 249 cm³/mol. The van der Waals surface area contributed by atoms with Crippen molar-refractivity contribution in [1.82, 2.24) is 31.9 Å². The molecule has 0 radical (unpaired) electrons. The Labute approximate surface area is 387 Å². The van der Waals surface area contributed by atoms with E-state index in [4.69, 9.17) is 5.73 Å². The van der Waals surface area contributed by atoms with Crippen LogP contribution in [0.2, 0.25) is 0 Å². The van der Waals surface area contributed by atoms with Crippen LogP contribution in [0.15, 0.2) is 48.5 Å². The molecule has 3 rings (SSSR count). The lowest BCUT2D eigenvalue weighted by molar-refractivity contribution is -0.133. The molecule has 8 amide bonds. The van der Waals surface area contributed by atoms with Gasteiger partial charge in [-0.1, -0.05) is 102 Å². The van der Waals surface area contributed by atoms with Gasteiger partial charge in [-0.25, -0.2) is 0 Å². The molecule has 1 aliphatic rings. The van der Waals surface area contributed by atoms with Crippen LogP contribution in [-0.2, 0) is 44.9 Å². The number of unbranched alkanes of at least 4 members (excludes halogenated alkanes) is 3. The molecule has 0 aromatic heterocycles. The standard InChI is InChI=1S/C43H57Br3N8O8/c44-25-37(56)48-22-8-5-14-32(41(47)60)52-43(62)34(16-7-10-24-50-39(58)27-46)53-42(61)33(15-6-9-23-49-38(57)26-45)51-36(55)20-21-40(59)54-28-31-13-2-1-11-29(31)18-19-30-12-3-4-17-35(30)54/h1-4,11-13,17-19,32-34H,5-10,14-16,20-28H2,(H2,47,60)(H,48,56)(H,49,57)(H,50,58)(H,51,55)(H,52,62)(H,53,61)/b19-18-/t32?,33-,34-/m0/s1. The summed E-state index contributed by atoms with van der Waals surface area (Å²) in [5.74, 6) is -3.48. The van der Waals surface area contributed by atoms with Crippen molar-refractivity contribution in [2.75, 3.05) is 40.5 Å². The minimum Gasteiger partial charge on any atom is -0.368 e. The number of benzene rings is 2. The number of nitrogens with one attached hydrogen (secondary N) is 6. The quantitative estimate of drug-likeness (QED) is 0.0516. The highest BCUT2D eigenvalue weighted by atomic mass is 79.9. The van der Waals surface area contributed by atoms with E-state index < -0.39 is 41.8 Å². The first kappa shape index (κ1) is 51.7. The number of anilines is 1. The highest BCUT2D eigenvalue weighted by molar-refractivity contribution is 9.09. The molecule has 0 spiro atoms. The largest absolute Gasteiger partial charge is 0.368 e. The maximum atomic E-state index is 14.0. The molecule has 1 aliphatic heterocycles. The van der Waals surface area contributed by atoms with Crippen molar-refractivity contribution in [3.05, 3.63) is 65.2 Å². The molecule has 1 heterocycles. The monoisotopic (exact) mass is 1050 g/mol. The summed E-state index contributed by atoms with van der Waals surface area (Å²) < 4.78 is 0. The van der Waals surface area contributed by atoms with Gasteiger partial charge < -0.3 is 42.5 Å². The molecule has 2 aromatic carbocycles. The summed E-state index contributed by atoms with van der Waals surface area (Å²) in [7, 11) is 0. The van der Waals surface area contributed by atoms with Crippen molar-refractivity contribution >= 4 is 113 Å². The zero-order valence-corrected chi connectivity index (χ0v) is 39.4. The van der Waals surface area contributed by atoms with E-state index in [1.807, 2.05) is 60.7 Å². The molecule has 1 unspecified atom stereocenters. The first-order valence-corrected chi connectivity index (χ1v) is 24.1. The Morgan fingerprint density at radius 2 is 1.00 bits per heavy atom. The summed E-state index contributed by atoms with van der Waals surface area (Å²) >= 11 is 9.29. The number of fused-ring (bicyclic) bond motifs is 2. The number of alkyl halides is 3. The zero-order chi connectivity index (χ0) is 45.3. The summed E-state index contributed by atoms with van der Waals surface area (Å²) in [6.07, 6.45) is 6.87. The number of hydrogen-bond acceptors (Lipinski definition) is 8. The van der Waals surface area contributed by atoms with E-state index in [9.17, 15) is 38.4 Å². The summed E-state index contributed by atoms with van der Waals surface area (Å²) in [5.41, 5.74) is 9.13. The molecule has 8 N–H and O–H groups in total. The topological polar surface area (TPSA) is 238 Å². The number of amides is 8. The number of hydrogen-bond donors (Lipinski definition) is 7. The summed E-state index contributed by atoms with van der Waals surface area (Å²) in [6, 6.07) is 12.0. The second kappa shape index (κ2) is 28.9. The number of carbonyl (C=O) groups is 8. The van der Waals surface area contributed by atoms with E-state index in [1.54, 1.807) is 4.90 Å². The van der Waals surface area contributed by atoms with Crippen LogP contribution in [0.25, 0.3) is 12.2 Å². The second-order valence-electron chi connectivity index (χ2n) is 14.7. The average Bonchev–Trinajstić information content (AvgIpc) is 3.26. The highest BCUT2D eigenvalue weighted by Gasteiger charge is 2.29. The minimum absolute atomic E-state index is 0.133. The molecule has 19 heteroatoms. The normalized spacial score (nSPS) is 13.6. The van der Waals surface area contributed by atoms with Gasteiger partial charge in [0.25, 0.3) is 0 Å². The van der Waals surface area contributed by atoms with Gasteiger partial charge in [-0.15, -0.1) is 0 Å². The minimum atomic E-state index is -1.14. The smallest absolute Gasteiger partial charge is 0.243 e. The van der Waals surface area contributed by atoms with Crippen molar-refractivity contribution in [2.45, 2.75) is 95.3 Å². The van der Waals surface area contributed by atoms with Gasteiger partial charge in [-0.2, -0.15) is 0 Å². The van der Waals surface area contributed by atoms with Gasteiger partial charge in [0, 0.05) is 32.5 Å². The maximum Gasteiger partial charge on any atom is 0.243 e. The van der Waals surface area contributed by atoms with Crippen LogP contribution in [0.4, 0.5) is 5.69 Å². The molecule has 2 aromatic rings. The van der Waals surface area contributed by atoms with Gasteiger partial charge in [-0.05, 0) is 80.5 Å². The number of para-hydroxylation sites is 1. The van der Waals surface area contributed by atoms with Crippen molar-refractivity contribution in [1.29, 1.82) is 0 Å². The molecular formula is C43H57Br3N8O8. The average molecular weight is 1050 g/mol. The van der Waals surface area contributed by atoms with Crippen molar-refractivity contribution in [3.63, 3.8) is 0 Å². The van der Waals surface area contributed by atoms with Crippen LogP contribution in [0.3, 0.4) is 0 Å². The first-order valence-electron chi connectivity index (χ1n) is 20.7. The van der Waals surface area contributed by atoms with E-state index in [-0.39, 0.29) is 71.7 Å². The summed E-state index contributed by atoms with van der Waals surface area (Å²) in [6.45, 7) is 1.34. The third kappa shape index (κ3) is 18.8. The van der Waals surface area contributed by atoms with Crippen LogP contribution in [0.1, 0.15) is 87.3 Å². The van der Waals surface area contributed by atoms with E-state index in [2.05, 4.69) is 79.7 Å². The molecular weight excluding hydrogens is 996 g/mol. The fourth-order valence-corrected chi connectivity index (χ4v) is 7.20. The lowest BCUT2D eigenvalue weighted by Crippen LogP contribution is -2.56. The fraction of sp³-hybridized carbons (Fsp3) is 0.488. The van der Waals surface area contributed by atoms with Crippen LogP contribution < -0.4 is 42.5 Å². The maximum absolute atomic E-state index is 14.0. The Morgan fingerprint density at radius 1 is 0.548 bits per heavy atom. The van der Waals surface area contributed by atoms with Gasteiger partial charge in [0.05, 0.1) is 28.2 Å². The highest BCUT2D eigenvalue weighted by Crippen LogP contribution is 2.29. The van der Waals surface area contributed by atoms with Crippen molar-refractivity contribution < 1.29 is 38.4 Å². The van der Waals surface area contributed by atoms with Crippen molar-refractivity contribution in [3.8, 4) is 0 Å². The molecule has 0 aliphatic carbocycles. The van der Waals surface area contributed by atoms with Crippen LogP contribution in [0.5, 0.6) is 0 Å². The number of nitrogens with zero attached hydrogens (tertiary/aromatic N) is 1. The number of carbonyl (C=O) groups excluding carboxylic acids is 8. The SMILES string of the molecule is NC(=O)C(CCCCNC(=O)CBr)NC(=O)[C@H](CCCCNC(=O)CBr)NC(=O)[C@H](CCCCNC(=O)CBr)NC(=O)CCC(=O)N1Cc2ccccc2/C=C\c2ccccc21. The summed E-state index contributed by atoms with van der Waals surface area (Å²) in [5, 5.41) is 16.8. The lowest BCUT2D eigenvalue weighted by Gasteiger charge is -2.27. The number of rotatable bonds is 27.